The predicted molar refractivity (Wildman–Crippen MR) is 84.8 cm³/mol. The van der Waals surface area contributed by atoms with Gasteiger partial charge in [-0.15, -0.1) is 11.8 Å². The van der Waals surface area contributed by atoms with Crippen molar-refractivity contribution in [2.24, 2.45) is 5.92 Å². The summed E-state index contributed by atoms with van der Waals surface area (Å²) >= 11 is 7.56. The van der Waals surface area contributed by atoms with Crippen molar-refractivity contribution in [2.45, 2.75) is 41.1 Å². The van der Waals surface area contributed by atoms with E-state index in [0.29, 0.717) is 17.9 Å². The summed E-state index contributed by atoms with van der Waals surface area (Å²) in [6.45, 7) is 0. The normalized spacial score (nSPS) is 28.2. The van der Waals surface area contributed by atoms with E-state index in [1.54, 1.807) is 12.1 Å². The van der Waals surface area contributed by atoms with Crippen LogP contribution < -0.4 is 0 Å². The standard InChI is InChI=1S/C14H16ClNO4S2/c1-21-13-5-3-9(7-11(13)15)22(19,20)16-8-2-4-12(16)10(6-8)14(17)18/h3,5,7-8,10,12H,2,4,6H2,1H3,(H,17,18). The zero-order valence-corrected chi connectivity index (χ0v) is 14.3. The molecule has 2 saturated heterocycles. The van der Waals surface area contributed by atoms with Crippen LogP contribution in [0.2, 0.25) is 5.02 Å². The van der Waals surface area contributed by atoms with Crippen molar-refractivity contribution < 1.29 is 18.3 Å². The van der Waals surface area contributed by atoms with Crippen molar-refractivity contribution in [2.75, 3.05) is 6.26 Å². The van der Waals surface area contributed by atoms with Crippen LogP contribution in [0.5, 0.6) is 0 Å². The molecule has 120 valence electrons. The van der Waals surface area contributed by atoms with Gasteiger partial charge < -0.3 is 5.11 Å². The molecular formula is C14H16ClNO4S2. The first-order valence-corrected chi connectivity index (χ1v) is 10.0. The Kier molecular flexibility index (Phi) is 4.18. The smallest absolute Gasteiger partial charge is 0.308 e. The van der Waals surface area contributed by atoms with Crippen LogP contribution in [-0.4, -0.2) is 42.1 Å². The van der Waals surface area contributed by atoms with E-state index in [1.165, 1.54) is 22.1 Å². The molecule has 2 aliphatic heterocycles. The zero-order valence-electron chi connectivity index (χ0n) is 11.9. The third-order valence-electron chi connectivity index (χ3n) is 4.49. The lowest BCUT2D eigenvalue weighted by atomic mass is 9.89. The molecule has 0 amide bonds. The number of rotatable bonds is 4. The van der Waals surface area contributed by atoms with Gasteiger partial charge in [0.15, 0.2) is 0 Å². The number of hydrogen-bond acceptors (Lipinski definition) is 4. The highest BCUT2D eigenvalue weighted by Crippen LogP contribution is 2.45. The van der Waals surface area contributed by atoms with Crippen LogP contribution in [-0.2, 0) is 14.8 Å². The van der Waals surface area contributed by atoms with E-state index in [1.807, 2.05) is 6.26 Å². The molecule has 0 spiro atoms. The number of thioether (sulfide) groups is 1. The molecular weight excluding hydrogens is 346 g/mol. The largest absolute Gasteiger partial charge is 0.481 e. The van der Waals surface area contributed by atoms with Gasteiger partial charge >= 0.3 is 5.97 Å². The fourth-order valence-corrected chi connectivity index (χ4v) is 6.39. The Balaban J connectivity index is 1.97. The van der Waals surface area contributed by atoms with Gasteiger partial charge in [0.2, 0.25) is 10.0 Å². The van der Waals surface area contributed by atoms with E-state index in [-0.39, 0.29) is 10.9 Å². The van der Waals surface area contributed by atoms with Gasteiger partial charge in [0.25, 0.3) is 0 Å². The van der Waals surface area contributed by atoms with Crippen molar-refractivity contribution in [1.82, 2.24) is 4.31 Å². The zero-order chi connectivity index (χ0) is 16.1. The monoisotopic (exact) mass is 361 g/mol. The summed E-state index contributed by atoms with van der Waals surface area (Å²) in [6, 6.07) is 4.03. The number of hydrogen-bond donors (Lipinski definition) is 1. The lowest BCUT2D eigenvalue weighted by molar-refractivity contribution is -0.142. The van der Waals surface area contributed by atoms with E-state index in [0.717, 1.165) is 11.3 Å². The quantitative estimate of drug-likeness (QED) is 0.834. The van der Waals surface area contributed by atoms with Crippen molar-refractivity contribution in [3.8, 4) is 0 Å². The molecule has 22 heavy (non-hydrogen) atoms. The number of nitrogens with zero attached hydrogens (tertiary/aromatic N) is 1. The molecule has 1 N–H and O–H groups in total. The molecule has 2 fully saturated rings. The lowest BCUT2D eigenvalue weighted by Crippen LogP contribution is -2.37. The van der Waals surface area contributed by atoms with Crippen LogP contribution in [0.4, 0.5) is 0 Å². The minimum atomic E-state index is -3.71. The molecule has 8 heteroatoms. The molecule has 0 aromatic heterocycles. The number of fused-ring (bicyclic) bond motifs is 2. The van der Waals surface area contributed by atoms with Gasteiger partial charge in [-0.25, -0.2) is 8.42 Å². The highest BCUT2D eigenvalue weighted by atomic mass is 35.5. The summed E-state index contributed by atoms with van der Waals surface area (Å²) in [6.07, 6.45) is 3.60. The molecule has 3 rings (SSSR count). The second-order valence-electron chi connectivity index (χ2n) is 5.61. The average Bonchev–Trinajstić information content (AvgIpc) is 3.05. The Labute approximate surface area is 138 Å². The average molecular weight is 362 g/mol. The predicted octanol–water partition coefficient (Wildman–Crippen LogP) is 2.69. The molecule has 0 aliphatic carbocycles. The van der Waals surface area contributed by atoms with Gasteiger partial charge in [-0.05, 0) is 43.7 Å². The van der Waals surface area contributed by atoms with Crippen LogP contribution in [0.1, 0.15) is 19.3 Å². The first-order valence-electron chi connectivity index (χ1n) is 6.96. The lowest BCUT2D eigenvalue weighted by Gasteiger charge is -2.22. The Morgan fingerprint density at radius 3 is 2.68 bits per heavy atom. The molecule has 2 bridgehead atoms. The Hall–Kier alpha value is -0.760. The Morgan fingerprint density at radius 1 is 1.41 bits per heavy atom. The van der Waals surface area contributed by atoms with E-state index in [9.17, 15) is 18.3 Å². The fraction of sp³-hybridized carbons (Fsp3) is 0.500. The minimum absolute atomic E-state index is 0.137. The molecule has 1 aromatic rings. The van der Waals surface area contributed by atoms with Crippen molar-refractivity contribution in [3.05, 3.63) is 23.2 Å². The third kappa shape index (κ3) is 2.44. The summed E-state index contributed by atoms with van der Waals surface area (Å²) in [5.74, 6) is -1.52. The summed E-state index contributed by atoms with van der Waals surface area (Å²) in [5.41, 5.74) is 0. The number of carboxylic acids is 1. The first kappa shape index (κ1) is 16.1. The topological polar surface area (TPSA) is 74.7 Å². The molecule has 3 unspecified atom stereocenters. The number of halogens is 1. The number of aliphatic carboxylic acids is 1. The maximum Gasteiger partial charge on any atom is 0.308 e. The van der Waals surface area contributed by atoms with Crippen LogP contribution in [0, 0.1) is 5.92 Å². The van der Waals surface area contributed by atoms with Crippen LogP contribution in [0.25, 0.3) is 0 Å². The molecule has 0 saturated carbocycles. The molecule has 2 heterocycles. The minimum Gasteiger partial charge on any atom is -0.481 e. The molecule has 5 nitrogen and oxygen atoms in total. The maximum atomic E-state index is 12.9. The molecule has 2 aliphatic rings. The van der Waals surface area contributed by atoms with Crippen molar-refractivity contribution in [1.29, 1.82) is 0 Å². The highest BCUT2D eigenvalue weighted by Gasteiger charge is 2.54. The maximum absolute atomic E-state index is 12.9. The van der Waals surface area contributed by atoms with Crippen LogP contribution in [0.3, 0.4) is 0 Å². The second kappa shape index (κ2) is 5.70. The highest BCUT2D eigenvalue weighted by molar-refractivity contribution is 7.98. The molecule has 0 radical (unpaired) electrons. The molecule has 3 atom stereocenters. The number of carbonyl (C=O) groups is 1. The number of sulfonamides is 1. The number of carboxylic acid groups (broad SMARTS) is 1. The summed E-state index contributed by atoms with van der Waals surface area (Å²) < 4.78 is 27.2. The van der Waals surface area contributed by atoms with Gasteiger partial charge in [0, 0.05) is 17.0 Å². The van der Waals surface area contributed by atoms with Gasteiger partial charge in [-0.3, -0.25) is 4.79 Å². The van der Waals surface area contributed by atoms with Crippen LogP contribution >= 0.6 is 23.4 Å². The van der Waals surface area contributed by atoms with Gasteiger partial charge in [0.1, 0.15) is 0 Å². The van der Waals surface area contributed by atoms with E-state index >= 15 is 0 Å². The number of benzene rings is 1. The van der Waals surface area contributed by atoms with E-state index in [2.05, 4.69) is 0 Å². The van der Waals surface area contributed by atoms with Crippen molar-refractivity contribution in [3.63, 3.8) is 0 Å². The fourth-order valence-electron chi connectivity index (χ4n) is 3.51. The van der Waals surface area contributed by atoms with Gasteiger partial charge in [0.05, 0.1) is 15.8 Å². The summed E-state index contributed by atoms with van der Waals surface area (Å²) in [4.78, 5) is 12.2. The van der Waals surface area contributed by atoms with Crippen molar-refractivity contribution >= 4 is 39.4 Å². The Bertz CT molecular complexity index is 722. The summed E-state index contributed by atoms with van der Waals surface area (Å²) in [5, 5.41) is 9.65. The second-order valence-corrected chi connectivity index (χ2v) is 8.71. The molecule has 1 aromatic carbocycles. The summed E-state index contributed by atoms with van der Waals surface area (Å²) in [7, 11) is -3.71. The third-order valence-corrected chi connectivity index (χ3v) is 7.68. The SMILES string of the molecule is CSc1ccc(S(=O)(=O)N2C3CCC2C(C(=O)O)C3)cc1Cl. The van der Waals surface area contributed by atoms with E-state index in [4.69, 9.17) is 11.6 Å². The van der Waals surface area contributed by atoms with Gasteiger partial charge in [-0.1, -0.05) is 11.6 Å². The van der Waals surface area contributed by atoms with E-state index < -0.39 is 28.0 Å². The van der Waals surface area contributed by atoms with Crippen LogP contribution in [0.15, 0.2) is 28.0 Å². The Morgan fingerprint density at radius 2 is 2.14 bits per heavy atom. The first-order chi connectivity index (χ1) is 10.4. The van der Waals surface area contributed by atoms with Gasteiger partial charge in [-0.2, -0.15) is 4.31 Å².